The van der Waals surface area contributed by atoms with Crippen LogP contribution >= 0.6 is 0 Å². The normalized spacial score (nSPS) is 22.8. The molecular formula is C16H25N3O2. The lowest BCUT2D eigenvalue weighted by atomic mass is 10.1. The van der Waals surface area contributed by atoms with Crippen molar-refractivity contribution in [1.82, 2.24) is 15.5 Å². The van der Waals surface area contributed by atoms with Crippen molar-refractivity contribution < 1.29 is 9.53 Å². The van der Waals surface area contributed by atoms with Crippen LogP contribution in [0.4, 0.5) is 0 Å². The highest BCUT2D eigenvalue weighted by atomic mass is 16.5. The lowest BCUT2D eigenvalue weighted by molar-refractivity contribution is -0.123. The third-order valence-corrected chi connectivity index (χ3v) is 3.86. The molecular weight excluding hydrogens is 266 g/mol. The quantitative estimate of drug-likeness (QED) is 0.849. The van der Waals surface area contributed by atoms with E-state index in [4.69, 9.17) is 4.74 Å². The Kier molecular flexibility index (Phi) is 5.59. The van der Waals surface area contributed by atoms with Gasteiger partial charge in [0.05, 0.1) is 13.7 Å². The first-order valence-corrected chi connectivity index (χ1v) is 7.45. The number of hydrogen-bond donors (Lipinski definition) is 2. The van der Waals surface area contributed by atoms with E-state index in [0.29, 0.717) is 25.2 Å². The predicted octanol–water partition coefficient (Wildman–Crippen LogP) is 0.994. The number of rotatable bonds is 5. The van der Waals surface area contributed by atoms with E-state index >= 15 is 0 Å². The van der Waals surface area contributed by atoms with Gasteiger partial charge in [0.2, 0.25) is 5.91 Å². The topological polar surface area (TPSA) is 53.6 Å². The molecule has 1 aromatic carbocycles. The summed E-state index contributed by atoms with van der Waals surface area (Å²) in [5.41, 5.74) is 1.05. The van der Waals surface area contributed by atoms with Crippen molar-refractivity contribution in [3.63, 3.8) is 0 Å². The molecule has 1 heterocycles. The third kappa shape index (κ3) is 4.72. The van der Waals surface area contributed by atoms with Gasteiger partial charge in [-0.1, -0.05) is 12.1 Å². The summed E-state index contributed by atoms with van der Waals surface area (Å²) in [7, 11) is 1.64. The molecule has 0 aromatic heterocycles. The number of methoxy groups -OCH3 is 1. The fourth-order valence-electron chi connectivity index (χ4n) is 2.54. The van der Waals surface area contributed by atoms with E-state index in [2.05, 4.69) is 29.4 Å². The summed E-state index contributed by atoms with van der Waals surface area (Å²) in [4.78, 5) is 14.3. The fraction of sp³-hybridized carbons (Fsp3) is 0.562. The summed E-state index contributed by atoms with van der Waals surface area (Å²) in [5.74, 6) is 0.880. The van der Waals surface area contributed by atoms with E-state index in [1.807, 2.05) is 24.3 Å². The highest BCUT2D eigenvalue weighted by molar-refractivity contribution is 5.78. The number of benzene rings is 1. The minimum Gasteiger partial charge on any atom is -0.497 e. The molecule has 21 heavy (non-hydrogen) atoms. The van der Waals surface area contributed by atoms with Gasteiger partial charge in [0.15, 0.2) is 0 Å². The van der Waals surface area contributed by atoms with E-state index in [1.54, 1.807) is 7.11 Å². The van der Waals surface area contributed by atoms with E-state index in [-0.39, 0.29) is 5.91 Å². The van der Waals surface area contributed by atoms with Crippen LogP contribution in [-0.4, -0.2) is 49.6 Å². The second-order valence-electron chi connectivity index (χ2n) is 5.72. The van der Waals surface area contributed by atoms with Gasteiger partial charge in [-0.05, 0) is 31.5 Å². The third-order valence-electron chi connectivity index (χ3n) is 3.86. The molecule has 5 nitrogen and oxygen atoms in total. The van der Waals surface area contributed by atoms with Crippen molar-refractivity contribution >= 4 is 5.91 Å². The molecule has 5 heteroatoms. The maximum atomic E-state index is 12.1. The highest BCUT2D eigenvalue weighted by Crippen LogP contribution is 2.12. The van der Waals surface area contributed by atoms with Gasteiger partial charge in [0, 0.05) is 31.7 Å². The average molecular weight is 291 g/mol. The Bertz CT molecular complexity index is 478. The Morgan fingerprint density at radius 3 is 3.05 bits per heavy atom. The van der Waals surface area contributed by atoms with Gasteiger partial charge in [-0.3, -0.25) is 9.69 Å². The maximum Gasteiger partial charge on any atom is 0.234 e. The average Bonchev–Trinajstić information content (AvgIpc) is 2.49. The minimum atomic E-state index is 0.0683. The van der Waals surface area contributed by atoms with Crippen LogP contribution in [0.3, 0.4) is 0 Å². The molecule has 2 rings (SSSR count). The molecule has 1 fully saturated rings. The molecule has 1 aliphatic heterocycles. The van der Waals surface area contributed by atoms with Crippen LogP contribution < -0.4 is 15.4 Å². The minimum absolute atomic E-state index is 0.0683. The standard InChI is InChI=1S/C16H25N3O2/c1-12-10-19(13(2)8-17-12)11-16(20)18-9-14-5-4-6-15(7-14)21-3/h4-7,12-13,17H,8-11H2,1-3H3,(H,18,20). The van der Waals surface area contributed by atoms with Crippen LogP contribution in [-0.2, 0) is 11.3 Å². The zero-order valence-electron chi connectivity index (χ0n) is 13.1. The summed E-state index contributed by atoms with van der Waals surface area (Å²) in [6, 6.07) is 8.58. The first-order valence-electron chi connectivity index (χ1n) is 7.45. The van der Waals surface area contributed by atoms with Crippen molar-refractivity contribution in [2.24, 2.45) is 0 Å². The summed E-state index contributed by atoms with van der Waals surface area (Å²) >= 11 is 0. The van der Waals surface area contributed by atoms with Crippen molar-refractivity contribution in [3.8, 4) is 5.75 Å². The molecule has 116 valence electrons. The number of nitrogens with one attached hydrogen (secondary N) is 2. The smallest absolute Gasteiger partial charge is 0.234 e. The monoisotopic (exact) mass is 291 g/mol. The molecule has 2 atom stereocenters. The van der Waals surface area contributed by atoms with Gasteiger partial charge >= 0.3 is 0 Å². The molecule has 0 aliphatic carbocycles. The summed E-state index contributed by atoms with van der Waals surface area (Å²) < 4.78 is 5.18. The molecule has 1 amide bonds. The molecule has 0 saturated carbocycles. The van der Waals surface area contributed by atoms with Gasteiger partial charge in [-0.25, -0.2) is 0 Å². The van der Waals surface area contributed by atoms with E-state index in [0.717, 1.165) is 24.4 Å². The van der Waals surface area contributed by atoms with Crippen molar-refractivity contribution in [2.45, 2.75) is 32.5 Å². The Morgan fingerprint density at radius 2 is 2.29 bits per heavy atom. The lowest BCUT2D eigenvalue weighted by Crippen LogP contribution is -2.56. The zero-order valence-corrected chi connectivity index (χ0v) is 13.1. The summed E-state index contributed by atoms with van der Waals surface area (Å²) in [5, 5.41) is 6.39. The number of ether oxygens (including phenoxy) is 1. The lowest BCUT2D eigenvalue weighted by Gasteiger charge is -2.36. The molecule has 0 bridgehead atoms. The van der Waals surface area contributed by atoms with Crippen LogP contribution in [0.15, 0.2) is 24.3 Å². The molecule has 2 N–H and O–H groups in total. The number of nitrogens with zero attached hydrogens (tertiary/aromatic N) is 1. The van der Waals surface area contributed by atoms with Crippen LogP contribution in [0.2, 0.25) is 0 Å². The summed E-state index contributed by atoms with van der Waals surface area (Å²) in [6.45, 7) is 7.13. The second-order valence-corrected chi connectivity index (χ2v) is 5.72. The second kappa shape index (κ2) is 7.43. The maximum absolute atomic E-state index is 12.1. The Hall–Kier alpha value is -1.59. The largest absolute Gasteiger partial charge is 0.497 e. The number of hydrogen-bond acceptors (Lipinski definition) is 4. The first-order chi connectivity index (χ1) is 10.1. The molecule has 0 radical (unpaired) electrons. The van der Waals surface area contributed by atoms with Crippen LogP contribution in [0.25, 0.3) is 0 Å². The Labute approximate surface area is 126 Å². The molecule has 1 aromatic rings. The number of amides is 1. The van der Waals surface area contributed by atoms with Gasteiger partial charge in [0.25, 0.3) is 0 Å². The van der Waals surface area contributed by atoms with Gasteiger partial charge in [-0.15, -0.1) is 0 Å². The molecule has 1 aliphatic rings. The number of carbonyl (C=O) groups excluding carboxylic acids is 1. The first kappa shape index (κ1) is 15.8. The van der Waals surface area contributed by atoms with E-state index < -0.39 is 0 Å². The Morgan fingerprint density at radius 1 is 1.48 bits per heavy atom. The Balaban J connectivity index is 1.81. The van der Waals surface area contributed by atoms with Gasteiger partial charge in [0.1, 0.15) is 5.75 Å². The SMILES string of the molecule is COc1cccc(CNC(=O)CN2CC(C)NCC2C)c1. The zero-order chi connectivity index (χ0) is 15.2. The fourth-order valence-corrected chi connectivity index (χ4v) is 2.54. The number of piperazine rings is 1. The summed E-state index contributed by atoms with van der Waals surface area (Å²) in [6.07, 6.45) is 0. The van der Waals surface area contributed by atoms with Gasteiger partial charge < -0.3 is 15.4 Å². The van der Waals surface area contributed by atoms with Crippen LogP contribution in [0.5, 0.6) is 5.75 Å². The number of carbonyl (C=O) groups is 1. The van der Waals surface area contributed by atoms with Gasteiger partial charge in [-0.2, -0.15) is 0 Å². The molecule has 1 saturated heterocycles. The van der Waals surface area contributed by atoms with Crippen molar-refractivity contribution in [2.75, 3.05) is 26.7 Å². The van der Waals surface area contributed by atoms with Crippen LogP contribution in [0.1, 0.15) is 19.4 Å². The van der Waals surface area contributed by atoms with E-state index in [9.17, 15) is 4.79 Å². The predicted molar refractivity (Wildman–Crippen MR) is 83.3 cm³/mol. The highest BCUT2D eigenvalue weighted by Gasteiger charge is 2.23. The van der Waals surface area contributed by atoms with Crippen molar-refractivity contribution in [3.05, 3.63) is 29.8 Å². The molecule has 0 spiro atoms. The van der Waals surface area contributed by atoms with E-state index in [1.165, 1.54) is 0 Å². The molecule has 2 unspecified atom stereocenters. The van der Waals surface area contributed by atoms with Crippen LogP contribution in [0, 0.1) is 0 Å². The van der Waals surface area contributed by atoms with Crippen molar-refractivity contribution in [1.29, 1.82) is 0 Å².